The summed E-state index contributed by atoms with van der Waals surface area (Å²) < 4.78 is 0. The smallest absolute Gasteiger partial charge is 0.324 e. The Bertz CT molecular complexity index is 767. The first-order valence-electron chi connectivity index (χ1n) is 9.28. The van der Waals surface area contributed by atoms with Crippen LogP contribution in [0.25, 0.3) is 0 Å². The number of rotatable bonds is 5. The predicted molar refractivity (Wildman–Crippen MR) is 101 cm³/mol. The van der Waals surface area contributed by atoms with E-state index in [9.17, 15) is 19.2 Å². The summed E-state index contributed by atoms with van der Waals surface area (Å²) in [5.74, 6) is -0.855. The van der Waals surface area contributed by atoms with Crippen molar-refractivity contribution in [3.63, 3.8) is 0 Å². The van der Waals surface area contributed by atoms with Gasteiger partial charge in [-0.15, -0.1) is 10.1 Å². The van der Waals surface area contributed by atoms with Crippen LogP contribution in [0.5, 0.6) is 0 Å². The van der Waals surface area contributed by atoms with Crippen LogP contribution < -0.4 is 10.6 Å². The lowest BCUT2D eigenvalue weighted by molar-refractivity contribution is -0.167. The summed E-state index contributed by atoms with van der Waals surface area (Å²) in [6.45, 7) is 7.54. The number of amides is 6. The van der Waals surface area contributed by atoms with Crippen LogP contribution in [0.2, 0.25) is 0 Å². The van der Waals surface area contributed by atoms with Crippen molar-refractivity contribution < 1.29 is 29.2 Å². The molecule has 3 rings (SSSR count). The van der Waals surface area contributed by atoms with Gasteiger partial charge in [0.25, 0.3) is 11.8 Å². The standard InChI is InChI=1S/C13H16N2O3.C6H10N2O3/c1-9(2)11-12(16)15(13(17)14-11)18-8-10-6-4-3-5-7-10;1-3(2)4-5(9)8(11)6(10)7-4/h3-7,9,11H,8H2,1-2H3,(H,14,17);3-4,11H,1-2H3,(H,7,10)/t11-;4-/m00/s1. The van der Waals surface area contributed by atoms with E-state index in [0.717, 1.165) is 10.6 Å². The number of hydrogen-bond donors (Lipinski definition) is 3. The minimum Gasteiger partial charge on any atom is -0.324 e. The summed E-state index contributed by atoms with van der Waals surface area (Å²) in [5.41, 5.74) is 0.908. The molecule has 0 aromatic heterocycles. The first-order valence-corrected chi connectivity index (χ1v) is 9.28. The Morgan fingerprint density at radius 2 is 1.41 bits per heavy atom. The molecule has 2 saturated heterocycles. The Kier molecular flexibility index (Phi) is 7.29. The van der Waals surface area contributed by atoms with Gasteiger partial charge in [0.15, 0.2) is 0 Å². The highest BCUT2D eigenvalue weighted by Gasteiger charge is 2.41. The lowest BCUT2D eigenvalue weighted by Crippen LogP contribution is -2.34. The fraction of sp³-hybridized carbons (Fsp3) is 0.474. The normalized spacial score (nSPS) is 21.5. The Morgan fingerprint density at radius 1 is 0.897 bits per heavy atom. The molecule has 10 nitrogen and oxygen atoms in total. The molecule has 0 unspecified atom stereocenters. The second-order valence-electron chi connectivity index (χ2n) is 7.38. The van der Waals surface area contributed by atoms with Crippen LogP contribution in [0.15, 0.2) is 30.3 Å². The van der Waals surface area contributed by atoms with Crippen LogP contribution in [0.3, 0.4) is 0 Å². The summed E-state index contributed by atoms with van der Waals surface area (Å²) in [6.07, 6.45) is 0. The van der Waals surface area contributed by atoms with Gasteiger partial charge >= 0.3 is 12.1 Å². The maximum absolute atomic E-state index is 11.9. The zero-order valence-electron chi connectivity index (χ0n) is 16.8. The fourth-order valence-corrected chi connectivity index (χ4v) is 2.71. The molecule has 0 radical (unpaired) electrons. The zero-order valence-corrected chi connectivity index (χ0v) is 16.8. The second kappa shape index (κ2) is 9.48. The molecule has 3 N–H and O–H groups in total. The van der Waals surface area contributed by atoms with Crippen LogP contribution in [0, 0.1) is 11.8 Å². The number of hydroxylamine groups is 4. The van der Waals surface area contributed by atoms with Crippen molar-refractivity contribution in [1.82, 2.24) is 20.8 Å². The highest BCUT2D eigenvalue weighted by Crippen LogP contribution is 2.15. The molecule has 2 fully saturated rings. The number of carbonyl (C=O) groups is 4. The molecule has 0 spiro atoms. The third-order valence-corrected chi connectivity index (χ3v) is 4.41. The predicted octanol–water partition coefficient (Wildman–Crippen LogP) is 1.65. The number of nitrogens with zero attached hydrogens (tertiary/aromatic N) is 2. The Labute approximate surface area is 168 Å². The van der Waals surface area contributed by atoms with Crippen molar-refractivity contribution in [2.24, 2.45) is 11.8 Å². The number of benzene rings is 1. The Morgan fingerprint density at radius 3 is 1.83 bits per heavy atom. The quantitative estimate of drug-likeness (QED) is 0.504. The van der Waals surface area contributed by atoms with Crippen molar-refractivity contribution in [2.45, 2.75) is 46.4 Å². The molecule has 1 aromatic carbocycles. The van der Waals surface area contributed by atoms with Crippen LogP contribution in [-0.2, 0) is 21.0 Å². The molecule has 2 atom stereocenters. The first kappa shape index (κ1) is 22.3. The molecule has 2 aliphatic rings. The zero-order chi connectivity index (χ0) is 21.7. The monoisotopic (exact) mass is 406 g/mol. The Hall–Kier alpha value is -2.98. The summed E-state index contributed by atoms with van der Waals surface area (Å²) in [6, 6.07) is 7.09. The first-order chi connectivity index (χ1) is 13.6. The van der Waals surface area contributed by atoms with Crippen molar-refractivity contribution in [2.75, 3.05) is 0 Å². The van der Waals surface area contributed by atoms with Gasteiger partial charge < -0.3 is 10.6 Å². The van der Waals surface area contributed by atoms with Crippen LogP contribution in [0.4, 0.5) is 9.59 Å². The van der Waals surface area contributed by atoms with E-state index in [1.54, 1.807) is 13.8 Å². The summed E-state index contributed by atoms with van der Waals surface area (Å²) in [7, 11) is 0. The highest BCUT2D eigenvalue weighted by atomic mass is 16.7. The SMILES string of the molecule is CC(C)[C@@H]1NC(=O)N(O)C1=O.CC(C)[C@@H]1NC(=O)N(OCc2ccccc2)C1=O. The summed E-state index contributed by atoms with van der Waals surface area (Å²) >= 11 is 0. The third-order valence-electron chi connectivity index (χ3n) is 4.41. The molecule has 29 heavy (non-hydrogen) atoms. The van der Waals surface area contributed by atoms with Gasteiger partial charge in [-0.05, 0) is 17.4 Å². The van der Waals surface area contributed by atoms with E-state index >= 15 is 0 Å². The molecule has 0 bridgehead atoms. The molecular weight excluding hydrogens is 380 g/mol. The second-order valence-corrected chi connectivity index (χ2v) is 7.38. The topological polar surface area (TPSA) is 128 Å². The number of urea groups is 2. The number of imide groups is 2. The minimum absolute atomic E-state index is 0.00333. The van der Waals surface area contributed by atoms with E-state index < -0.39 is 30.1 Å². The average Bonchev–Trinajstić information content (AvgIpc) is 3.11. The molecule has 0 saturated carbocycles. The van der Waals surface area contributed by atoms with Gasteiger partial charge in [0.05, 0.1) is 0 Å². The maximum Gasteiger partial charge on any atom is 0.349 e. The van der Waals surface area contributed by atoms with Gasteiger partial charge in [0.1, 0.15) is 18.7 Å². The Balaban J connectivity index is 0.000000234. The van der Waals surface area contributed by atoms with Crippen molar-refractivity contribution in [1.29, 1.82) is 0 Å². The summed E-state index contributed by atoms with van der Waals surface area (Å²) in [4.78, 5) is 50.3. The van der Waals surface area contributed by atoms with Gasteiger partial charge in [0.2, 0.25) is 0 Å². The number of hydrogen-bond acceptors (Lipinski definition) is 6. The molecule has 2 aliphatic heterocycles. The minimum atomic E-state index is -0.742. The van der Waals surface area contributed by atoms with Crippen LogP contribution >= 0.6 is 0 Å². The third kappa shape index (κ3) is 5.30. The summed E-state index contributed by atoms with van der Waals surface area (Å²) in [5, 5.41) is 14.6. The highest BCUT2D eigenvalue weighted by molar-refractivity contribution is 6.03. The maximum atomic E-state index is 11.9. The van der Waals surface area contributed by atoms with Gasteiger partial charge in [-0.25, -0.2) is 9.59 Å². The lowest BCUT2D eigenvalue weighted by Gasteiger charge is -2.13. The average molecular weight is 406 g/mol. The molecule has 10 heteroatoms. The molecular formula is C19H26N4O6. The number of nitrogens with one attached hydrogen (secondary N) is 2. The van der Waals surface area contributed by atoms with Gasteiger partial charge in [-0.2, -0.15) is 0 Å². The van der Waals surface area contributed by atoms with Crippen molar-refractivity contribution in [3.8, 4) is 0 Å². The fourth-order valence-electron chi connectivity index (χ4n) is 2.71. The van der Waals surface area contributed by atoms with Gasteiger partial charge in [-0.3, -0.25) is 19.6 Å². The van der Waals surface area contributed by atoms with E-state index in [2.05, 4.69) is 10.6 Å². The number of carbonyl (C=O) groups excluding carboxylic acids is 4. The largest absolute Gasteiger partial charge is 0.349 e. The van der Waals surface area contributed by atoms with E-state index in [1.807, 2.05) is 44.2 Å². The molecule has 158 valence electrons. The molecule has 1 aromatic rings. The van der Waals surface area contributed by atoms with Gasteiger partial charge in [0, 0.05) is 0 Å². The van der Waals surface area contributed by atoms with E-state index in [4.69, 9.17) is 10.0 Å². The van der Waals surface area contributed by atoms with E-state index in [0.29, 0.717) is 0 Å². The van der Waals surface area contributed by atoms with E-state index in [1.165, 1.54) is 0 Å². The van der Waals surface area contributed by atoms with Crippen LogP contribution in [-0.4, -0.2) is 51.3 Å². The van der Waals surface area contributed by atoms with E-state index in [-0.39, 0.29) is 29.4 Å². The molecule has 2 heterocycles. The lowest BCUT2D eigenvalue weighted by atomic mass is 10.1. The van der Waals surface area contributed by atoms with Crippen LogP contribution in [0.1, 0.15) is 33.3 Å². The van der Waals surface area contributed by atoms with Gasteiger partial charge in [-0.1, -0.05) is 58.0 Å². The van der Waals surface area contributed by atoms with Crippen molar-refractivity contribution >= 4 is 23.9 Å². The molecule has 6 amide bonds. The van der Waals surface area contributed by atoms with Crippen molar-refractivity contribution in [3.05, 3.63) is 35.9 Å². The molecule has 0 aliphatic carbocycles.